The SMILES string of the molecule is CN(C)C1(CNC(=O)c2cccnc2F)CCCC1. The zero-order chi connectivity index (χ0) is 13.9. The number of amides is 1. The lowest BCUT2D eigenvalue weighted by molar-refractivity contribution is 0.0895. The van der Waals surface area contributed by atoms with Gasteiger partial charge in [-0.15, -0.1) is 0 Å². The van der Waals surface area contributed by atoms with Crippen LogP contribution in [0.25, 0.3) is 0 Å². The molecule has 1 saturated carbocycles. The fourth-order valence-corrected chi connectivity index (χ4v) is 2.71. The largest absolute Gasteiger partial charge is 0.350 e. The average molecular weight is 265 g/mol. The van der Waals surface area contributed by atoms with E-state index in [0.717, 1.165) is 12.8 Å². The first-order valence-corrected chi connectivity index (χ1v) is 6.61. The highest BCUT2D eigenvalue weighted by molar-refractivity contribution is 5.94. The summed E-state index contributed by atoms with van der Waals surface area (Å²) in [7, 11) is 4.06. The van der Waals surface area contributed by atoms with Crippen LogP contribution in [-0.2, 0) is 0 Å². The zero-order valence-electron chi connectivity index (χ0n) is 11.4. The first-order chi connectivity index (χ1) is 9.05. The Bertz CT molecular complexity index is 456. The van der Waals surface area contributed by atoms with Gasteiger partial charge in [0.05, 0.1) is 5.56 Å². The summed E-state index contributed by atoms with van der Waals surface area (Å²) in [6, 6.07) is 3.02. The van der Waals surface area contributed by atoms with Crippen LogP contribution in [0.15, 0.2) is 18.3 Å². The molecule has 0 unspecified atom stereocenters. The molecule has 0 bridgehead atoms. The van der Waals surface area contributed by atoms with Gasteiger partial charge in [-0.1, -0.05) is 12.8 Å². The molecule has 1 aliphatic carbocycles. The van der Waals surface area contributed by atoms with Crippen molar-refractivity contribution in [1.82, 2.24) is 15.2 Å². The van der Waals surface area contributed by atoms with Crippen molar-refractivity contribution in [3.05, 3.63) is 29.8 Å². The molecular formula is C14H20FN3O. The van der Waals surface area contributed by atoms with Crippen LogP contribution < -0.4 is 5.32 Å². The molecule has 4 nitrogen and oxygen atoms in total. The molecule has 0 radical (unpaired) electrons. The molecule has 1 aliphatic rings. The van der Waals surface area contributed by atoms with E-state index in [2.05, 4.69) is 15.2 Å². The molecule has 19 heavy (non-hydrogen) atoms. The molecule has 0 spiro atoms. The van der Waals surface area contributed by atoms with Crippen molar-refractivity contribution in [3.63, 3.8) is 0 Å². The monoisotopic (exact) mass is 265 g/mol. The number of halogens is 1. The maximum absolute atomic E-state index is 13.4. The van der Waals surface area contributed by atoms with E-state index in [4.69, 9.17) is 0 Å². The predicted molar refractivity (Wildman–Crippen MR) is 71.4 cm³/mol. The summed E-state index contributed by atoms with van der Waals surface area (Å²) in [5.41, 5.74) is 0.0170. The van der Waals surface area contributed by atoms with Crippen LogP contribution in [0.3, 0.4) is 0 Å². The highest BCUT2D eigenvalue weighted by atomic mass is 19.1. The third-order valence-electron chi connectivity index (χ3n) is 4.06. The van der Waals surface area contributed by atoms with Gasteiger partial charge in [0.25, 0.3) is 5.91 Å². The van der Waals surface area contributed by atoms with E-state index in [1.165, 1.54) is 25.1 Å². The number of nitrogens with zero attached hydrogens (tertiary/aromatic N) is 2. The van der Waals surface area contributed by atoms with Gasteiger partial charge in [-0.2, -0.15) is 4.39 Å². The lowest BCUT2D eigenvalue weighted by atomic mass is 9.96. The van der Waals surface area contributed by atoms with Crippen LogP contribution in [0.4, 0.5) is 4.39 Å². The van der Waals surface area contributed by atoms with Crippen LogP contribution in [0.2, 0.25) is 0 Å². The Morgan fingerprint density at radius 2 is 2.16 bits per heavy atom. The topological polar surface area (TPSA) is 45.2 Å². The normalized spacial score (nSPS) is 17.7. The lowest BCUT2D eigenvalue weighted by Gasteiger charge is -2.36. The molecule has 2 rings (SSSR count). The maximum Gasteiger partial charge on any atom is 0.255 e. The predicted octanol–water partition coefficient (Wildman–Crippen LogP) is 1.82. The third-order valence-corrected chi connectivity index (χ3v) is 4.06. The summed E-state index contributed by atoms with van der Waals surface area (Å²) in [4.78, 5) is 17.6. The lowest BCUT2D eigenvalue weighted by Crippen LogP contribution is -2.50. The molecule has 1 amide bonds. The first kappa shape index (κ1) is 13.9. The number of carbonyl (C=O) groups is 1. The Kier molecular flexibility index (Phi) is 4.14. The number of hydrogen-bond donors (Lipinski definition) is 1. The van der Waals surface area contributed by atoms with Gasteiger partial charge in [0, 0.05) is 18.3 Å². The van der Waals surface area contributed by atoms with E-state index in [1.807, 2.05) is 14.1 Å². The van der Waals surface area contributed by atoms with Gasteiger partial charge in [0.1, 0.15) is 0 Å². The van der Waals surface area contributed by atoms with Crippen LogP contribution in [0, 0.1) is 5.95 Å². The number of carbonyl (C=O) groups excluding carboxylic acids is 1. The van der Waals surface area contributed by atoms with E-state index in [0.29, 0.717) is 6.54 Å². The van der Waals surface area contributed by atoms with Crippen molar-refractivity contribution < 1.29 is 9.18 Å². The van der Waals surface area contributed by atoms with Crippen molar-refractivity contribution in [3.8, 4) is 0 Å². The molecule has 104 valence electrons. The molecule has 0 aromatic carbocycles. The van der Waals surface area contributed by atoms with Gasteiger partial charge in [0.2, 0.25) is 5.95 Å². The van der Waals surface area contributed by atoms with E-state index in [9.17, 15) is 9.18 Å². The number of hydrogen-bond acceptors (Lipinski definition) is 3. The Hall–Kier alpha value is -1.49. The molecule has 1 aromatic rings. The summed E-state index contributed by atoms with van der Waals surface area (Å²) in [6.07, 6.45) is 5.82. The minimum absolute atomic E-state index is 0.00828. The molecule has 0 atom stereocenters. The Morgan fingerprint density at radius 3 is 2.74 bits per heavy atom. The Labute approximate surface area is 113 Å². The molecular weight excluding hydrogens is 245 g/mol. The summed E-state index contributed by atoms with van der Waals surface area (Å²) in [5.74, 6) is -1.11. The second-order valence-corrected chi connectivity index (χ2v) is 5.35. The van der Waals surface area contributed by atoms with Crippen molar-refractivity contribution in [2.75, 3.05) is 20.6 Å². The number of pyridine rings is 1. The number of rotatable bonds is 4. The molecule has 0 saturated heterocycles. The van der Waals surface area contributed by atoms with Gasteiger partial charge in [-0.3, -0.25) is 4.79 Å². The van der Waals surface area contributed by atoms with Crippen molar-refractivity contribution >= 4 is 5.91 Å². The third kappa shape index (κ3) is 2.92. The van der Waals surface area contributed by atoms with Gasteiger partial charge in [-0.25, -0.2) is 4.98 Å². The van der Waals surface area contributed by atoms with Gasteiger partial charge >= 0.3 is 0 Å². The molecule has 1 N–H and O–H groups in total. The fraction of sp³-hybridized carbons (Fsp3) is 0.571. The van der Waals surface area contributed by atoms with Gasteiger partial charge in [-0.05, 0) is 39.1 Å². The second kappa shape index (κ2) is 5.65. The van der Waals surface area contributed by atoms with Crippen molar-refractivity contribution in [2.45, 2.75) is 31.2 Å². The van der Waals surface area contributed by atoms with E-state index >= 15 is 0 Å². The van der Waals surface area contributed by atoms with Crippen molar-refractivity contribution in [1.29, 1.82) is 0 Å². The first-order valence-electron chi connectivity index (χ1n) is 6.61. The molecule has 5 heteroatoms. The summed E-state index contributed by atoms with van der Waals surface area (Å²) in [6.45, 7) is 0.549. The Morgan fingerprint density at radius 1 is 1.47 bits per heavy atom. The van der Waals surface area contributed by atoms with Crippen molar-refractivity contribution in [2.24, 2.45) is 0 Å². The summed E-state index contributed by atoms with van der Waals surface area (Å²) < 4.78 is 13.4. The second-order valence-electron chi connectivity index (χ2n) is 5.35. The van der Waals surface area contributed by atoms with Crippen LogP contribution in [-0.4, -0.2) is 42.0 Å². The van der Waals surface area contributed by atoms with E-state index in [-0.39, 0.29) is 11.1 Å². The highest BCUT2D eigenvalue weighted by Crippen LogP contribution is 2.33. The smallest absolute Gasteiger partial charge is 0.255 e. The quantitative estimate of drug-likeness (QED) is 0.845. The minimum atomic E-state index is -0.717. The molecule has 1 fully saturated rings. The number of nitrogens with one attached hydrogen (secondary N) is 1. The average Bonchev–Trinajstić information content (AvgIpc) is 2.86. The van der Waals surface area contributed by atoms with Gasteiger partial charge < -0.3 is 10.2 Å². The maximum atomic E-state index is 13.4. The fourth-order valence-electron chi connectivity index (χ4n) is 2.71. The van der Waals surface area contributed by atoms with Crippen LogP contribution >= 0.6 is 0 Å². The van der Waals surface area contributed by atoms with E-state index in [1.54, 1.807) is 6.07 Å². The zero-order valence-corrected chi connectivity index (χ0v) is 11.4. The Balaban J connectivity index is 2.02. The van der Waals surface area contributed by atoms with Gasteiger partial charge in [0.15, 0.2) is 0 Å². The van der Waals surface area contributed by atoms with E-state index < -0.39 is 11.9 Å². The summed E-state index contributed by atoms with van der Waals surface area (Å²) >= 11 is 0. The highest BCUT2D eigenvalue weighted by Gasteiger charge is 2.36. The number of aromatic nitrogens is 1. The molecule has 0 aliphatic heterocycles. The van der Waals surface area contributed by atoms with Crippen LogP contribution in [0.1, 0.15) is 36.0 Å². The van der Waals surface area contributed by atoms with Crippen LogP contribution in [0.5, 0.6) is 0 Å². The summed E-state index contributed by atoms with van der Waals surface area (Å²) in [5, 5.41) is 2.84. The molecule has 1 aromatic heterocycles. The number of likely N-dealkylation sites (N-methyl/N-ethyl adjacent to an activating group) is 1. The standard InChI is InChI=1S/C14H20FN3O/c1-18(2)14(7-3-4-8-14)10-17-13(19)11-6-5-9-16-12(11)15/h5-6,9H,3-4,7-8,10H2,1-2H3,(H,17,19). The minimum Gasteiger partial charge on any atom is -0.350 e. The molecule has 1 heterocycles.